The summed E-state index contributed by atoms with van der Waals surface area (Å²) in [6, 6.07) is 20.0. The van der Waals surface area contributed by atoms with Gasteiger partial charge in [0.1, 0.15) is 0 Å². The van der Waals surface area contributed by atoms with Gasteiger partial charge in [-0.3, -0.25) is 0 Å². The molecule has 0 aliphatic carbocycles. The Hall–Kier alpha value is -2.06. The Bertz CT molecular complexity index is 463. The molecule has 0 aliphatic heterocycles. The highest BCUT2D eigenvalue weighted by molar-refractivity contribution is 5.45. The Morgan fingerprint density at radius 2 is 1.47 bits per heavy atom. The lowest BCUT2D eigenvalue weighted by Crippen LogP contribution is -2.07. The molecule has 2 heteroatoms. The highest BCUT2D eigenvalue weighted by Gasteiger charge is 1.98. The van der Waals surface area contributed by atoms with E-state index >= 15 is 0 Å². The molecule has 3 N–H and O–H groups in total. The Morgan fingerprint density at radius 3 is 2.12 bits per heavy atom. The van der Waals surface area contributed by atoms with Gasteiger partial charge >= 0.3 is 0 Å². The minimum absolute atomic E-state index is 0.0765. The summed E-state index contributed by atoms with van der Waals surface area (Å²) < 4.78 is 0. The van der Waals surface area contributed by atoms with Crippen LogP contribution in [-0.2, 0) is 0 Å². The van der Waals surface area contributed by atoms with Crippen LogP contribution in [0.3, 0.4) is 0 Å². The van der Waals surface area contributed by atoms with Crippen LogP contribution in [0.5, 0.6) is 0 Å². The Balaban J connectivity index is 1.93. The minimum Gasteiger partial charge on any atom is -0.362 e. The SMILES string of the molecule is NC(C=CNc1ccccc1)c1ccccc1. The van der Waals surface area contributed by atoms with Gasteiger partial charge in [0.15, 0.2) is 0 Å². The quantitative estimate of drug-likeness (QED) is 0.836. The normalized spacial score (nSPS) is 12.5. The molecule has 1 atom stereocenters. The molecular formula is C15H16N2. The second-order valence-corrected chi connectivity index (χ2v) is 3.81. The molecule has 0 amide bonds. The van der Waals surface area contributed by atoms with Gasteiger partial charge in [-0.2, -0.15) is 0 Å². The van der Waals surface area contributed by atoms with Gasteiger partial charge in [-0.25, -0.2) is 0 Å². The van der Waals surface area contributed by atoms with E-state index in [0.29, 0.717) is 0 Å². The minimum atomic E-state index is -0.0765. The largest absolute Gasteiger partial charge is 0.362 e. The maximum absolute atomic E-state index is 6.03. The number of hydrogen-bond acceptors (Lipinski definition) is 2. The molecule has 0 aromatic heterocycles. The lowest BCUT2D eigenvalue weighted by atomic mass is 10.1. The van der Waals surface area contributed by atoms with Crippen molar-refractivity contribution in [2.75, 3.05) is 5.32 Å². The zero-order valence-corrected chi connectivity index (χ0v) is 9.58. The Labute approximate surface area is 102 Å². The summed E-state index contributed by atoms with van der Waals surface area (Å²) in [6.45, 7) is 0. The molecule has 0 radical (unpaired) electrons. The fraction of sp³-hybridized carbons (Fsp3) is 0.0667. The zero-order valence-electron chi connectivity index (χ0n) is 9.58. The van der Waals surface area contributed by atoms with E-state index in [1.165, 1.54) is 0 Å². The van der Waals surface area contributed by atoms with Crippen molar-refractivity contribution in [2.45, 2.75) is 6.04 Å². The van der Waals surface area contributed by atoms with Crippen molar-refractivity contribution >= 4 is 5.69 Å². The molecule has 0 bridgehead atoms. The zero-order chi connectivity index (χ0) is 11.9. The van der Waals surface area contributed by atoms with Gasteiger partial charge in [0, 0.05) is 11.7 Å². The molecule has 2 aromatic rings. The lowest BCUT2D eigenvalue weighted by Gasteiger charge is -2.06. The van der Waals surface area contributed by atoms with Crippen LogP contribution in [0, 0.1) is 0 Å². The smallest absolute Gasteiger partial charge is 0.0498 e. The van der Waals surface area contributed by atoms with E-state index in [2.05, 4.69) is 5.32 Å². The van der Waals surface area contributed by atoms with Crippen LogP contribution < -0.4 is 11.1 Å². The number of nitrogens with one attached hydrogen (secondary N) is 1. The van der Waals surface area contributed by atoms with E-state index in [1.54, 1.807) is 0 Å². The monoisotopic (exact) mass is 224 g/mol. The molecule has 1 unspecified atom stereocenters. The highest BCUT2D eigenvalue weighted by Crippen LogP contribution is 2.11. The van der Waals surface area contributed by atoms with Crippen molar-refractivity contribution in [1.29, 1.82) is 0 Å². The fourth-order valence-electron chi connectivity index (χ4n) is 1.57. The number of para-hydroxylation sites is 1. The van der Waals surface area contributed by atoms with Crippen LogP contribution in [0.15, 0.2) is 72.9 Å². The summed E-state index contributed by atoms with van der Waals surface area (Å²) in [6.07, 6.45) is 3.83. The second-order valence-electron chi connectivity index (χ2n) is 3.81. The molecule has 2 nitrogen and oxygen atoms in total. The van der Waals surface area contributed by atoms with Crippen molar-refractivity contribution < 1.29 is 0 Å². The number of rotatable bonds is 4. The summed E-state index contributed by atoms with van der Waals surface area (Å²) in [4.78, 5) is 0. The molecule has 0 saturated heterocycles. The molecule has 2 aromatic carbocycles. The lowest BCUT2D eigenvalue weighted by molar-refractivity contribution is 0.910. The third-order valence-electron chi connectivity index (χ3n) is 2.51. The van der Waals surface area contributed by atoms with Crippen LogP contribution in [0.25, 0.3) is 0 Å². The fourth-order valence-corrected chi connectivity index (χ4v) is 1.57. The topological polar surface area (TPSA) is 38.0 Å². The summed E-state index contributed by atoms with van der Waals surface area (Å²) >= 11 is 0. The van der Waals surface area contributed by atoms with Gasteiger partial charge in [0.25, 0.3) is 0 Å². The molecule has 17 heavy (non-hydrogen) atoms. The van der Waals surface area contributed by atoms with Crippen molar-refractivity contribution in [1.82, 2.24) is 0 Å². The average Bonchev–Trinajstić information content (AvgIpc) is 2.41. The molecule has 0 saturated carbocycles. The maximum Gasteiger partial charge on any atom is 0.0498 e. The molecule has 0 fully saturated rings. The van der Waals surface area contributed by atoms with Gasteiger partial charge in [-0.1, -0.05) is 48.5 Å². The van der Waals surface area contributed by atoms with Gasteiger partial charge in [-0.05, 0) is 30.0 Å². The first-order valence-corrected chi connectivity index (χ1v) is 5.65. The number of benzene rings is 2. The third-order valence-corrected chi connectivity index (χ3v) is 2.51. The van der Waals surface area contributed by atoms with E-state index in [-0.39, 0.29) is 6.04 Å². The number of nitrogens with two attached hydrogens (primary N) is 1. The maximum atomic E-state index is 6.03. The first-order chi connectivity index (χ1) is 8.36. The standard InChI is InChI=1S/C15H16N2/c16-15(13-7-3-1-4-8-13)11-12-17-14-9-5-2-6-10-14/h1-12,15,17H,16H2. The molecule has 0 spiro atoms. The Morgan fingerprint density at radius 1 is 0.882 bits per heavy atom. The van der Waals surface area contributed by atoms with Gasteiger partial charge < -0.3 is 11.1 Å². The molecule has 86 valence electrons. The van der Waals surface area contributed by atoms with Crippen LogP contribution >= 0.6 is 0 Å². The molecule has 2 rings (SSSR count). The Kier molecular flexibility index (Phi) is 3.95. The second kappa shape index (κ2) is 5.87. The van der Waals surface area contributed by atoms with Gasteiger partial charge in [0.05, 0.1) is 0 Å². The van der Waals surface area contributed by atoms with Crippen molar-refractivity contribution in [3.05, 3.63) is 78.5 Å². The predicted molar refractivity (Wildman–Crippen MR) is 72.6 cm³/mol. The first-order valence-electron chi connectivity index (χ1n) is 5.65. The van der Waals surface area contributed by atoms with Crippen molar-refractivity contribution in [3.8, 4) is 0 Å². The highest BCUT2D eigenvalue weighted by atomic mass is 14.8. The average molecular weight is 224 g/mol. The van der Waals surface area contributed by atoms with Crippen LogP contribution in [0.4, 0.5) is 5.69 Å². The van der Waals surface area contributed by atoms with Crippen LogP contribution in [0.1, 0.15) is 11.6 Å². The van der Waals surface area contributed by atoms with Crippen LogP contribution in [0.2, 0.25) is 0 Å². The van der Waals surface area contributed by atoms with E-state index < -0.39 is 0 Å². The molecule has 0 aliphatic rings. The summed E-state index contributed by atoms with van der Waals surface area (Å²) in [7, 11) is 0. The van der Waals surface area contributed by atoms with Gasteiger partial charge in [0.2, 0.25) is 0 Å². The van der Waals surface area contributed by atoms with Crippen molar-refractivity contribution in [2.24, 2.45) is 5.73 Å². The van der Waals surface area contributed by atoms with Crippen LogP contribution in [-0.4, -0.2) is 0 Å². The predicted octanol–water partition coefficient (Wildman–Crippen LogP) is 3.31. The summed E-state index contributed by atoms with van der Waals surface area (Å²) in [5.74, 6) is 0. The van der Waals surface area contributed by atoms with E-state index in [0.717, 1.165) is 11.3 Å². The number of anilines is 1. The summed E-state index contributed by atoms with van der Waals surface area (Å²) in [5, 5.41) is 3.18. The van der Waals surface area contributed by atoms with E-state index in [1.807, 2.05) is 72.9 Å². The number of hydrogen-bond donors (Lipinski definition) is 2. The third kappa shape index (κ3) is 3.47. The molecule has 0 heterocycles. The summed E-state index contributed by atoms with van der Waals surface area (Å²) in [5.41, 5.74) is 8.20. The first kappa shape index (κ1) is 11.4. The van der Waals surface area contributed by atoms with E-state index in [4.69, 9.17) is 5.73 Å². The van der Waals surface area contributed by atoms with Gasteiger partial charge in [-0.15, -0.1) is 0 Å². The van der Waals surface area contributed by atoms with E-state index in [9.17, 15) is 0 Å². The van der Waals surface area contributed by atoms with Crippen molar-refractivity contribution in [3.63, 3.8) is 0 Å². The molecular weight excluding hydrogens is 208 g/mol.